The fraction of sp³-hybridized carbons (Fsp3) is 0.0189. The molecular weight excluding hydrogens is 697 g/mol. The highest BCUT2D eigenvalue weighted by Crippen LogP contribution is 2.63. The zero-order valence-corrected chi connectivity index (χ0v) is 31.1. The van der Waals surface area contributed by atoms with E-state index in [0.717, 1.165) is 0 Å². The summed E-state index contributed by atoms with van der Waals surface area (Å²) in [6.45, 7) is 0. The van der Waals surface area contributed by atoms with Gasteiger partial charge in [-0.2, -0.15) is 0 Å². The summed E-state index contributed by atoms with van der Waals surface area (Å²) >= 11 is 1.93. The molecule has 3 heteroatoms. The monoisotopic (exact) mass is 728 g/mol. The van der Waals surface area contributed by atoms with Crippen molar-refractivity contribution < 1.29 is 0 Å². The Morgan fingerprint density at radius 3 is 1.80 bits per heavy atom. The van der Waals surface area contributed by atoms with Crippen LogP contribution in [0.2, 0.25) is 0 Å². The molecule has 0 amide bonds. The summed E-state index contributed by atoms with van der Waals surface area (Å²) in [6.07, 6.45) is 0. The van der Waals surface area contributed by atoms with E-state index in [9.17, 15) is 0 Å². The van der Waals surface area contributed by atoms with Crippen molar-refractivity contribution in [2.24, 2.45) is 0 Å². The molecule has 0 fully saturated rings. The average molecular weight is 729 g/mol. The third-order valence-electron chi connectivity index (χ3n) is 12.6. The Morgan fingerprint density at radius 2 is 0.982 bits per heavy atom. The molecule has 0 radical (unpaired) electrons. The summed E-state index contributed by atoms with van der Waals surface area (Å²) in [6, 6.07) is 72.4. The van der Waals surface area contributed by atoms with Crippen molar-refractivity contribution in [3.05, 3.63) is 216 Å². The summed E-state index contributed by atoms with van der Waals surface area (Å²) in [4.78, 5) is 2.63. The molecule has 260 valence electrons. The third-order valence-corrected chi connectivity index (χ3v) is 13.8. The summed E-state index contributed by atoms with van der Waals surface area (Å²) in [5.74, 6) is 0. The van der Waals surface area contributed by atoms with Gasteiger partial charge in [-0.1, -0.05) is 163 Å². The molecule has 2 aromatic heterocycles. The second-order valence-corrected chi connectivity index (χ2v) is 16.2. The highest BCUT2D eigenvalue weighted by molar-refractivity contribution is 7.99. The first kappa shape index (κ1) is 30.5. The van der Waals surface area contributed by atoms with Gasteiger partial charge < -0.3 is 9.13 Å². The van der Waals surface area contributed by atoms with E-state index in [-0.39, 0.29) is 0 Å². The topological polar surface area (TPSA) is 9.86 Å². The van der Waals surface area contributed by atoms with Gasteiger partial charge in [-0.15, -0.1) is 0 Å². The Bertz CT molecular complexity index is 3410. The van der Waals surface area contributed by atoms with Crippen LogP contribution in [0, 0.1) is 0 Å². The van der Waals surface area contributed by atoms with Crippen molar-refractivity contribution in [1.82, 2.24) is 9.13 Å². The minimum Gasteiger partial charge on any atom is -0.309 e. The van der Waals surface area contributed by atoms with Crippen LogP contribution in [-0.4, -0.2) is 9.13 Å². The van der Waals surface area contributed by atoms with Crippen LogP contribution in [0.15, 0.2) is 204 Å². The first-order valence-electron chi connectivity index (χ1n) is 19.4. The van der Waals surface area contributed by atoms with Crippen molar-refractivity contribution in [2.45, 2.75) is 15.2 Å². The number of rotatable bonds is 2. The molecule has 0 unspecified atom stereocenters. The molecule has 9 aromatic carbocycles. The largest absolute Gasteiger partial charge is 0.309 e. The van der Waals surface area contributed by atoms with Crippen LogP contribution in [0.1, 0.15) is 22.3 Å². The maximum absolute atomic E-state index is 2.60. The van der Waals surface area contributed by atoms with Gasteiger partial charge in [-0.3, -0.25) is 0 Å². The first-order valence-corrected chi connectivity index (χ1v) is 20.2. The number of nitrogens with zero attached hydrogens (tertiary/aromatic N) is 2. The number of para-hydroxylation sites is 2. The van der Waals surface area contributed by atoms with E-state index in [2.05, 4.69) is 203 Å². The van der Waals surface area contributed by atoms with E-state index < -0.39 is 5.41 Å². The molecule has 0 saturated carbocycles. The van der Waals surface area contributed by atoms with Gasteiger partial charge in [0.1, 0.15) is 0 Å². The lowest BCUT2D eigenvalue weighted by Crippen LogP contribution is -2.32. The number of hydrogen-bond acceptors (Lipinski definition) is 1. The quantitative estimate of drug-likeness (QED) is 0.172. The fourth-order valence-electron chi connectivity index (χ4n) is 10.4. The second-order valence-electron chi connectivity index (χ2n) is 15.2. The van der Waals surface area contributed by atoms with Crippen LogP contribution in [0.25, 0.3) is 76.9 Å². The molecule has 56 heavy (non-hydrogen) atoms. The van der Waals surface area contributed by atoms with Crippen LogP contribution in [-0.2, 0) is 5.41 Å². The predicted molar refractivity (Wildman–Crippen MR) is 234 cm³/mol. The Balaban J connectivity index is 1.20. The van der Waals surface area contributed by atoms with Crippen molar-refractivity contribution in [3.63, 3.8) is 0 Å². The van der Waals surface area contributed by atoms with Gasteiger partial charge in [0, 0.05) is 48.1 Å². The molecule has 0 bridgehead atoms. The minimum absolute atomic E-state index is 0.449. The Morgan fingerprint density at radius 1 is 0.357 bits per heavy atom. The maximum Gasteiger partial charge on any atom is 0.0736 e. The van der Waals surface area contributed by atoms with Crippen molar-refractivity contribution >= 4 is 66.1 Å². The maximum atomic E-state index is 2.60. The number of benzene rings is 9. The van der Waals surface area contributed by atoms with Gasteiger partial charge in [0.15, 0.2) is 0 Å². The molecule has 0 atom stereocenters. The highest BCUT2D eigenvalue weighted by atomic mass is 32.2. The summed E-state index contributed by atoms with van der Waals surface area (Å²) < 4.78 is 5.00. The Hall–Kier alpha value is -6.81. The zero-order chi connectivity index (χ0) is 36.5. The lowest BCUT2D eigenvalue weighted by Gasteiger charge is -2.40. The van der Waals surface area contributed by atoms with Crippen molar-refractivity contribution in [1.29, 1.82) is 0 Å². The number of hydrogen-bond donors (Lipinski definition) is 0. The predicted octanol–water partition coefficient (Wildman–Crippen LogP) is 13.9. The standard InChI is InChI=1S/C53H32N2S/c1-2-15-34(16-3-1)54-47-24-12-8-20-39(47)42-32-35(27-31-48(42)54)55-50-36-17-5-4-14-33(36)26-28-40(50)41-29-30-46-52(51(41)55)56-49-25-13-11-23-45(49)53(46)43-21-9-6-18-37(43)38-19-7-10-22-44(38)53/h1-32H. The van der Waals surface area contributed by atoms with Crippen LogP contribution in [0.5, 0.6) is 0 Å². The van der Waals surface area contributed by atoms with Crippen LogP contribution < -0.4 is 0 Å². The van der Waals surface area contributed by atoms with Crippen LogP contribution >= 0.6 is 11.8 Å². The van der Waals surface area contributed by atoms with Gasteiger partial charge in [0.25, 0.3) is 0 Å². The summed E-state index contributed by atoms with van der Waals surface area (Å²) in [5, 5.41) is 7.55. The van der Waals surface area contributed by atoms with Gasteiger partial charge in [-0.05, 0) is 81.2 Å². The van der Waals surface area contributed by atoms with E-state index in [1.54, 1.807) is 0 Å². The second kappa shape index (κ2) is 11.1. The molecule has 2 nitrogen and oxygen atoms in total. The molecule has 1 aliphatic carbocycles. The van der Waals surface area contributed by atoms with Crippen molar-refractivity contribution in [3.8, 4) is 22.5 Å². The normalized spacial score (nSPS) is 13.8. The molecule has 2 aliphatic rings. The minimum atomic E-state index is -0.449. The van der Waals surface area contributed by atoms with E-state index in [1.165, 1.54) is 109 Å². The lowest BCUT2D eigenvalue weighted by molar-refractivity contribution is 0.724. The Kier molecular flexibility index (Phi) is 6.06. The van der Waals surface area contributed by atoms with Gasteiger partial charge in [0.05, 0.1) is 27.5 Å². The molecular formula is C53H32N2S. The van der Waals surface area contributed by atoms with Gasteiger partial charge in [-0.25, -0.2) is 0 Å². The lowest BCUT2D eigenvalue weighted by atomic mass is 9.67. The van der Waals surface area contributed by atoms with Gasteiger partial charge >= 0.3 is 0 Å². The van der Waals surface area contributed by atoms with Crippen molar-refractivity contribution in [2.75, 3.05) is 0 Å². The zero-order valence-electron chi connectivity index (χ0n) is 30.3. The summed E-state index contributed by atoms with van der Waals surface area (Å²) in [5.41, 5.74) is 14.9. The fourth-order valence-corrected chi connectivity index (χ4v) is 11.7. The summed E-state index contributed by atoms with van der Waals surface area (Å²) in [7, 11) is 0. The molecule has 3 heterocycles. The van der Waals surface area contributed by atoms with Gasteiger partial charge in [0.2, 0.25) is 0 Å². The highest BCUT2D eigenvalue weighted by Gasteiger charge is 2.50. The average Bonchev–Trinajstić information content (AvgIpc) is 3.89. The SMILES string of the molecule is c1ccc(-n2c3ccccc3c3cc(-n4c5c6c(ccc5c5ccc7ccccc7c54)C4(c5ccccc5S6)c5ccccc5-c5ccccc54)ccc32)cc1. The molecule has 1 aliphatic heterocycles. The smallest absolute Gasteiger partial charge is 0.0736 e. The molecule has 11 aromatic rings. The molecule has 0 saturated heterocycles. The number of aromatic nitrogens is 2. The molecule has 0 N–H and O–H groups in total. The van der Waals surface area contributed by atoms with E-state index in [1.807, 2.05) is 11.8 Å². The first-order chi connectivity index (χ1) is 27.8. The third kappa shape index (κ3) is 3.78. The molecule has 13 rings (SSSR count). The number of fused-ring (bicyclic) bond motifs is 18. The Labute approximate surface area is 327 Å². The van der Waals surface area contributed by atoms with Crippen LogP contribution in [0.4, 0.5) is 0 Å². The molecule has 1 spiro atoms. The van der Waals surface area contributed by atoms with Crippen LogP contribution in [0.3, 0.4) is 0 Å². The van der Waals surface area contributed by atoms with E-state index in [0.29, 0.717) is 0 Å². The van der Waals surface area contributed by atoms with E-state index >= 15 is 0 Å². The van der Waals surface area contributed by atoms with E-state index in [4.69, 9.17) is 0 Å².